The molecule has 0 fully saturated rings. The lowest BCUT2D eigenvalue weighted by molar-refractivity contribution is 0.217. The quantitative estimate of drug-likeness (QED) is 0.922. The van der Waals surface area contributed by atoms with Gasteiger partial charge in [0.05, 0.1) is 18.8 Å². The Morgan fingerprint density at radius 2 is 2.14 bits per heavy atom. The van der Waals surface area contributed by atoms with Crippen LogP contribution < -0.4 is 0 Å². The molecule has 0 aliphatic heterocycles. The van der Waals surface area contributed by atoms with Crippen molar-refractivity contribution in [3.8, 4) is 0 Å². The summed E-state index contributed by atoms with van der Waals surface area (Å²) in [6, 6.07) is 10.8. The number of thiazole rings is 1. The highest BCUT2D eigenvalue weighted by atomic mass is 32.1. The predicted molar refractivity (Wildman–Crippen MR) is 86.7 cm³/mol. The maximum Gasteiger partial charge on any atom is 0.107 e. The van der Waals surface area contributed by atoms with E-state index in [1.54, 1.807) is 0 Å². The normalized spacial score (nSPS) is 18.0. The predicted octanol–water partition coefficient (Wildman–Crippen LogP) is 2.84. The Morgan fingerprint density at radius 1 is 1.33 bits per heavy atom. The molecule has 4 heteroatoms. The third kappa shape index (κ3) is 3.51. The molecule has 1 aliphatic rings. The van der Waals surface area contributed by atoms with E-state index in [1.807, 2.05) is 18.4 Å². The third-order valence-electron chi connectivity index (χ3n) is 4.14. The van der Waals surface area contributed by atoms with Crippen molar-refractivity contribution in [2.24, 2.45) is 0 Å². The highest BCUT2D eigenvalue weighted by Crippen LogP contribution is 2.35. The fraction of sp³-hybridized carbons (Fsp3) is 0.471. The van der Waals surface area contributed by atoms with Crippen LogP contribution in [0.2, 0.25) is 0 Å². The van der Waals surface area contributed by atoms with Gasteiger partial charge in [0.1, 0.15) is 5.01 Å². The molecule has 1 heterocycles. The van der Waals surface area contributed by atoms with Gasteiger partial charge in [-0.05, 0) is 37.8 Å². The average molecular weight is 302 g/mol. The van der Waals surface area contributed by atoms with Crippen LogP contribution >= 0.6 is 11.3 Å². The lowest BCUT2D eigenvalue weighted by Gasteiger charge is -2.21. The van der Waals surface area contributed by atoms with Crippen LogP contribution in [0.4, 0.5) is 0 Å². The summed E-state index contributed by atoms with van der Waals surface area (Å²) >= 11 is 1.85. The maximum atomic E-state index is 8.98. The van der Waals surface area contributed by atoms with Crippen LogP contribution in [0.25, 0.3) is 0 Å². The Labute approximate surface area is 130 Å². The van der Waals surface area contributed by atoms with Crippen molar-refractivity contribution in [1.29, 1.82) is 0 Å². The highest BCUT2D eigenvalue weighted by Gasteiger charge is 2.23. The molecule has 1 N–H and O–H groups in total. The lowest BCUT2D eigenvalue weighted by atomic mass is 9.85. The second kappa shape index (κ2) is 6.69. The summed E-state index contributed by atoms with van der Waals surface area (Å²) in [6.07, 6.45) is 3.42. The molecule has 3 rings (SSSR count). The lowest BCUT2D eigenvalue weighted by Crippen LogP contribution is -2.21. The minimum Gasteiger partial charge on any atom is -0.395 e. The second-order valence-corrected chi connectivity index (χ2v) is 6.96. The van der Waals surface area contributed by atoms with E-state index in [9.17, 15) is 0 Å². The van der Waals surface area contributed by atoms with E-state index in [2.05, 4.69) is 35.2 Å². The van der Waals surface area contributed by atoms with E-state index in [1.165, 1.54) is 27.6 Å². The van der Waals surface area contributed by atoms with Gasteiger partial charge in [-0.25, -0.2) is 4.98 Å². The molecule has 1 aromatic heterocycles. The molecule has 1 atom stereocenters. The largest absolute Gasteiger partial charge is 0.395 e. The number of aromatic nitrogens is 1. The van der Waals surface area contributed by atoms with Crippen LogP contribution in [0.5, 0.6) is 0 Å². The zero-order valence-electron chi connectivity index (χ0n) is 12.5. The van der Waals surface area contributed by atoms with Crippen molar-refractivity contribution in [1.82, 2.24) is 9.88 Å². The Bertz CT molecular complexity index is 582. The zero-order valence-corrected chi connectivity index (χ0v) is 13.3. The van der Waals surface area contributed by atoms with E-state index >= 15 is 0 Å². The maximum absolute atomic E-state index is 8.98. The van der Waals surface area contributed by atoms with Gasteiger partial charge in [-0.15, -0.1) is 11.3 Å². The molecular formula is C17H22N2OS. The van der Waals surface area contributed by atoms with Crippen molar-refractivity contribution in [3.05, 3.63) is 51.5 Å². The van der Waals surface area contributed by atoms with Crippen molar-refractivity contribution in [2.75, 3.05) is 20.2 Å². The van der Waals surface area contributed by atoms with Gasteiger partial charge in [0.2, 0.25) is 0 Å². The molecule has 2 aromatic rings. The molecule has 0 amide bonds. The van der Waals surface area contributed by atoms with Gasteiger partial charge in [-0.1, -0.05) is 30.3 Å². The first-order chi connectivity index (χ1) is 10.3. The Morgan fingerprint density at radius 3 is 2.90 bits per heavy atom. The molecule has 21 heavy (non-hydrogen) atoms. The first-order valence-corrected chi connectivity index (χ1v) is 8.39. The van der Waals surface area contributed by atoms with Gasteiger partial charge < -0.3 is 5.11 Å². The van der Waals surface area contributed by atoms with E-state index in [4.69, 9.17) is 10.1 Å². The Balaban J connectivity index is 1.70. The van der Waals surface area contributed by atoms with Crippen molar-refractivity contribution in [3.63, 3.8) is 0 Å². The number of benzene rings is 1. The van der Waals surface area contributed by atoms with Crippen LogP contribution in [0, 0.1) is 0 Å². The van der Waals surface area contributed by atoms with E-state index < -0.39 is 0 Å². The number of aliphatic hydroxyl groups excluding tert-OH is 1. The standard InChI is InChI=1S/C17H22N2OS/c1-19(9-10-20)12-17-18-15-8-7-14(11-16(15)21-17)13-5-3-2-4-6-13/h2-6,14,20H,7-12H2,1H3/t14-/m0/s1. The van der Waals surface area contributed by atoms with Crippen molar-refractivity contribution >= 4 is 11.3 Å². The van der Waals surface area contributed by atoms with Crippen LogP contribution in [-0.2, 0) is 19.4 Å². The molecule has 0 radical (unpaired) electrons. The second-order valence-electron chi connectivity index (χ2n) is 5.79. The van der Waals surface area contributed by atoms with Gasteiger partial charge in [0.15, 0.2) is 0 Å². The summed E-state index contributed by atoms with van der Waals surface area (Å²) in [7, 11) is 2.03. The van der Waals surface area contributed by atoms with E-state index in [0.717, 1.165) is 19.4 Å². The van der Waals surface area contributed by atoms with E-state index in [0.29, 0.717) is 12.5 Å². The number of nitrogens with zero attached hydrogens (tertiary/aromatic N) is 2. The number of rotatable bonds is 5. The molecule has 0 bridgehead atoms. The fourth-order valence-electron chi connectivity index (χ4n) is 2.99. The molecule has 0 unspecified atom stereocenters. The zero-order chi connectivity index (χ0) is 14.7. The van der Waals surface area contributed by atoms with Crippen LogP contribution in [0.1, 0.15) is 33.5 Å². The Hall–Kier alpha value is -1.23. The number of hydrogen-bond donors (Lipinski definition) is 1. The average Bonchev–Trinajstić information content (AvgIpc) is 2.89. The molecule has 1 aliphatic carbocycles. The van der Waals surface area contributed by atoms with Gasteiger partial charge in [0.25, 0.3) is 0 Å². The van der Waals surface area contributed by atoms with Crippen molar-refractivity contribution in [2.45, 2.75) is 31.7 Å². The third-order valence-corrected chi connectivity index (χ3v) is 5.25. The van der Waals surface area contributed by atoms with Gasteiger partial charge >= 0.3 is 0 Å². The number of aryl methyl sites for hydroxylation is 1. The first-order valence-electron chi connectivity index (χ1n) is 7.58. The Kier molecular flexibility index (Phi) is 4.68. The summed E-state index contributed by atoms with van der Waals surface area (Å²) in [5.41, 5.74) is 2.76. The van der Waals surface area contributed by atoms with E-state index in [-0.39, 0.29) is 6.61 Å². The molecule has 0 saturated heterocycles. The van der Waals surface area contributed by atoms with Gasteiger partial charge in [0, 0.05) is 11.4 Å². The summed E-state index contributed by atoms with van der Waals surface area (Å²) in [4.78, 5) is 8.38. The monoisotopic (exact) mass is 302 g/mol. The number of aliphatic hydroxyl groups is 1. The molecule has 1 aromatic carbocycles. The smallest absolute Gasteiger partial charge is 0.107 e. The summed E-state index contributed by atoms with van der Waals surface area (Å²) in [6.45, 7) is 1.75. The molecule has 3 nitrogen and oxygen atoms in total. The number of hydrogen-bond acceptors (Lipinski definition) is 4. The summed E-state index contributed by atoms with van der Waals surface area (Å²) in [5.74, 6) is 0.641. The van der Waals surface area contributed by atoms with Gasteiger partial charge in [-0.2, -0.15) is 0 Å². The molecule has 112 valence electrons. The SMILES string of the molecule is CN(CCO)Cc1nc2c(s1)C[C@@H](c1ccccc1)CC2. The highest BCUT2D eigenvalue weighted by molar-refractivity contribution is 7.11. The first kappa shape index (κ1) is 14.7. The molecule has 0 saturated carbocycles. The van der Waals surface area contributed by atoms with Crippen molar-refractivity contribution < 1.29 is 5.11 Å². The minimum atomic E-state index is 0.206. The van der Waals surface area contributed by atoms with Gasteiger partial charge in [-0.3, -0.25) is 4.90 Å². The summed E-state index contributed by atoms with van der Waals surface area (Å²) < 4.78 is 0. The summed E-state index contributed by atoms with van der Waals surface area (Å²) in [5, 5.41) is 10.2. The topological polar surface area (TPSA) is 36.4 Å². The van der Waals surface area contributed by atoms with Crippen LogP contribution in [0.15, 0.2) is 30.3 Å². The molecule has 0 spiro atoms. The van der Waals surface area contributed by atoms with Crippen LogP contribution in [0.3, 0.4) is 0 Å². The minimum absolute atomic E-state index is 0.206. The van der Waals surface area contributed by atoms with Crippen LogP contribution in [-0.4, -0.2) is 35.2 Å². The molecular weight excluding hydrogens is 280 g/mol. The number of fused-ring (bicyclic) bond motifs is 1. The fourth-order valence-corrected chi connectivity index (χ4v) is 4.26. The number of likely N-dealkylation sites (N-methyl/N-ethyl adjacent to an activating group) is 1.